The summed E-state index contributed by atoms with van der Waals surface area (Å²) < 4.78 is 8.05. The predicted octanol–water partition coefficient (Wildman–Crippen LogP) is 4.66. The van der Waals surface area contributed by atoms with Crippen LogP contribution in [0, 0.1) is 13.8 Å². The number of aromatic nitrogens is 2. The number of carbonyl (C=O) groups is 1. The Hall–Kier alpha value is -3.60. The molecule has 0 unspecified atom stereocenters. The SMILES string of the molecule is Cc1cccc(OCCn2c(CNC(=O)c3ccccc3C)nc3ccccc32)c1. The van der Waals surface area contributed by atoms with Gasteiger partial charge in [0.15, 0.2) is 0 Å². The molecule has 0 fully saturated rings. The van der Waals surface area contributed by atoms with Gasteiger partial charge >= 0.3 is 0 Å². The van der Waals surface area contributed by atoms with Crippen molar-refractivity contribution in [3.05, 3.63) is 95.3 Å². The minimum atomic E-state index is -0.0947. The van der Waals surface area contributed by atoms with Gasteiger partial charge in [0.05, 0.1) is 24.1 Å². The maximum atomic E-state index is 12.6. The minimum Gasteiger partial charge on any atom is -0.492 e. The van der Waals surface area contributed by atoms with E-state index >= 15 is 0 Å². The van der Waals surface area contributed by atoms with Gasteiger partial charge in [-0.05, 0) is 55.3 Å². The van der Waals surface area contributed by atoms with Gasteiger partial charge in [-0.2, -0.15) is 0 Å². The van der Waals surface area contributed by atoms with Crippen molar-refractivity contribution in [2.24, 2.45) is 0 Å². The average molecular weight is 399 g/mol. The van der Waals surface area contributed by atoms with Gasteiger partial charge in [-0.3, -0.25) is 4.79 Å². The molecule has 4 rings (SSSR count). The molecule has 30 heavy (non-hydrogen) atoms. The Kier molecular flexibility index (Phi) is 5.80. The summed E-state index contributed by atoms with van der Waals surface area (Å²) in [7, 11) is 0. The van der Waals surface area contributed by atoms with E-state index in [1.807, 2.05) is 86.6 Å². The van der Waals surface area contributed by atoms with Crippen LogP contribution in [0.15, 0.2) is 72.8 Å². The smallest absolute Gasteiger partial charge is 0.251 e. The van der Waals surface area contributed by atoms with E-state index in [-0.39, 0.29) is 5.91 Å². The summed E-state index contributed by atoms with van der Waals surface area (Å²) in [5.41, 5.74) is 4.75. The van der Waals surface area contributed by atoms with Crippen molar-refractivity contribution >= 4 is 16.9 Å². The predicted molar refractivity (Wildman–Crippen MR) is 119 cm³/mol. The van der Waals surface area contributed by atoms with Crippen molar-refractivity contribution in [1.82, 2.24) is 14.9 Å². The van der Waals surface area contributed by atoms with Crippen molar-refractivity contribution in [3.63, 3.8) is 0 Å². The van der Waals surface area contributed by atoms with E-state index in [9.17, 15) is 4.79 Å². The molecule has 0 saturated carbocycles. The number of carbonyl (C=O) groups excluding carboxylic acids is 1. The van der Waals surface area contributed by atoms with E-state index in [0.717, 1.165) is 28.2 Å². The zero-order valence-electron chi connectivity index (χ0n) is 17.3. The Balaban J connectivity index is 1.50. The first-order chi connectivity index (χ1) is 14.6. The van der Waals surface area contributed by atoms with Gasteiger partial charge in [0.1, 0.15) is 18.2 Å². The normalized spacial score (nSPS) is 10.9. The highest BCUT2D eigenvalue weighted by Crippen LogP contribution is 2.17. The van der Waals surface area contributed by atoms with Crippen molar-refractivity contribution in [1.29, 1.82) is 0 Å². The third-order valence-corrected chi connectivity index (χ3v) is 5.10. The monoisotopic (exact) mass is 399 g/mol. The van der Waals surface area contributed by atoms with Crippen LogP contribution < -0.4 is 10.1 Å². The molecule has 1 aromatic heterocycles. The van der Waals surface area contributed by atoms with E-state index in [2.05, 4.69) is 9.88 Å². The number of aryl methyl sites for hydroxylation is 2. The highest BCUT2D eigenvalue weighted by Gasteiger charge is 2.13. The second-order valence-corrected chi connectivity index (χ2v) is 7.33. The molecular formula is C25H25N3O2. The van der Waals surface area contributed by atoms with Crippen LogP contribution in [0.2, 0.25) is 0 Å². The number of para-hydroxylation sites is 2. The van der Waals surface area contributed by atoms with Gasteiger partial charge in [0, 0.05) is 5.56 Å². The van der Waals surface area contributed by atoms with Crippen LogP contribution >= 0.6 is 0 Å². The minimum absolute atomic E-state index is 0.0947. The molecule has 0 spiro atoms. The number of hydrogen-bond acceptors (Lipinski definition) is 3. The average Bonchev–Trinajstić information content (AvgIpc) is 3.10. The second-order valence-electron chi connectivity index (χ2n) is 7.33. The molecule has 0 saturated heterocycles. The summed E-state index contributed by atoms with van der Waals surface area (Å²) in [4.78, 5) is 17.4. The standard InChI is InChI=1S/C25H25N3O2/c1-18-8-7-10-20(16-18)30-15-14-28-23-13-6-5-12-22(23)27-24(28)17-26-25(29)21-11-4-3-9-19(21)2/h3-13,16H,14-15,17H2,1-2H3,(H,26,29). The lowest BCUT2D eigenvalue weighted by Gasteiger charge is -2.12. The fourth-order valence-electron chi connectivity index (χ4n) is 3.55. The fourth-order valence-corrected chi connectivity index (χ4v) is 3.55. The molecule has 1 amide bonds. The molecule has 0 aliphatic carbocycles. The van der Waals surface area contributed by atoms with Crippen LogP contribution in [0.5, 0.6) is 5.75 Å². The summed E-state index contributed by atoms with van der Waals surface area (Å²) in [6.45, 7) is 5.50. The van der Waals surface area contributed by atoms with Gasteiger partial charge < -0.3 is 14.6 Å². The van der Waals surface area contributed by atoms with Crippen LogP contribution in [0.1, 0.15) is 27.3 Å². The number of amides is 1. The molecule has 152 valence electrons. The second kappa shape index (κ2) is 8.82. The Morgan fingerprint density at radius 3 is 2.63 bits per heavy atom. The highest BCUT2D eigenvalue weighted by molar-refractivity contribution is 5.95. The number of fused-ring (bicyclic) bond motifs is 1. The maximum Gasteiger partial charge on any atom is 0.251 e. The molecular weight excluding hydrogens is 374 g/mol. The number of nitrogens with zero attached hydrogens (tertiary/aromatic N) is 2. The van der Waals surface area contributed by atoms with E-state index in [1.54, 1.807) is 0 Å². The summed E-state index contributed by atoms with van der Waals surface area (Å²) in [6.07, 6.45) is 0. The summed E-state index contributed by atoms with van der Waals surface area (Å²) >= 11 is 0. The fraction of sp³-hybridized carbons (Fsp3) is 0.200. The van der Waals surface area contributed by atoms with Gasteiger partial charge in [0.25, 0.3) is 5.91 Å². The van der Waals surface area contributed by atoms with Crippen LogP contribution in [-0.2, 0) is 13.1 Å². The highest BCUT2D eigenvalue weighted by atomic mass is 16.5. The third-order valence-electron chi connectivity index (χ3n) is 5.10. The number of ether oxygens (including phenoxy) is 1. The van der Waals surface area contributed by atoms with Gasteiger partial charge in [0.2, 0.25) is 0 Å². The van der Waals surface area contributed by atoms with Gasteiger partial charge in [-0.25, -0.2) is 4.98 Å². The number of hydrogen-bond donors (Lipinski definition) is 1. The summed E-state index contributed by atoms with van der Waals surface area (Å²) in [5.74, 6) is 1.57. The molecule has 0 atom stereocenters. The van der Waals surface area contributed by atoms with Crippen molar-refractivity contribution in [3.8, 4) is 5.75 Å². The lowest BCUT2D eigenvalue weighted by atomic mass is 10.1. The van der Waals surface area contributed by atoms with E-state index in [0.29, 0.717) is 25.3 Å². The largest absolute Gasteiger partial charge is 0.492 e. The number of nitrogens with one attached hydrogen (secondary N) is 1. The zero-order valence-corrected chi connectivity index (χ0v) is 17.3. The molecule has 1 N–H and O–H groups in total. The van der Waals surface area contributed by atoms with E-state index in [4.69, 9.17) is 9.72 Å². The summed E-state index contributed by atoms with van der Waals surface area (Å²) in [5, 5.41) is 3.01. The van der Waals surface area contributed by atoms with Crippen molar-refractivity contribution in [2.45, 2.75) is 26.9 Å². The maximum absolute atomic E-state index is 12.6. The van der Waals surface area contributed by atoms with Crippen LogP contribution in [0.3, 0.4) is 0 Å². The van der Waals surface area contributed by atoms with E-state index < -0.39 is 0 Å². The topological polar surface area (TPSA) is 56.1 Å². The van der Waals surface area contributed by atoms with Crippen LogP contribution in [-0.4, -0.2) is 22.1 Å². The molecule has 1 heterocycles. The van der Waals surface area contributed by atoms with E-state index in [1.165, 1.54) is 5.56 Å². The molecule has 0 bridgehead atoms. The van der Waals surface area contributed by atoms with Gasteiger partial charge in [-0.15, -0.1) is 0 Å². The first-order valence-electron chi connectivity index (χ1n) is 10.1. The number of imidazole rings is 1. The third kappa shape index (κ3) is 4.35. The molecule has 0 radical (unpaired) electrons. The molecule has 0 aliphatic rings. The van der Waals surface area contributed by atoms with Crippen molar-refractivity contribution in [2.75, 3.05) is 6.61 Å². The quantitative estimate of drug-likeness (QED) is 0.492. The van der Waals surface area contributed by atoms with Crippen LogP contribution in [0.4, 0.5) is 0 Å². The van der Waals surface area contributed by atoms with Gasteiger partial charge in [-0.1, -0.05) is 42.5 Å². The Bertz CT molecular complexity index is 1180. The lowest BCUT2D eigenvalue weighted by molar-refractivity contribution is 0.0949. The molecule has 5 heteroatoms. The zero-order chi connectivity index (χ0) is 20.9. The van der Waals surface area contributed by atoms with Crippen LogP contribution in [0.25, 0.3) is 11.0 Å². The molecule has 5 nitrogen and oxygen atoms in total. The Morgan fingerprint density at radius 1 is 1.00 bits per heavy atom. The lowest BCUT2D eigenvalue weighted by Crippen LogP contribution is -2.26. The Morgan fingerprint density at radius 2 is 1.80 bits per heavy atom. The molecule has 0 aliphatic heterocycles. The number of rotatable bonds is 7. The number of benzene rings is 3. The first kappa shape index (κ1) is 19.7. The first-order valence-corrected chi connectivity index (χ1v) is 10.1. The van der Waals surface area contributed by atoms with Crippen molar-refractivity contribution < 1.29 is 9.53 Å². The Labute approximate surface area is 176 Å². The molecule has 3 aromatic carbocycles. The molecule has 4 aromatic rings. The summed E-state index contributed by atoms with van der Waals surface area (Å²) in [6, 6.07) is 23.6.